The molecule has 1 N–H and O–H groups in total. The molecule has 0 bridgehead atoms. The maximum atomic E-state index is 12.7. The molecule has 1 saturated heterocycles. The predicted molar refractivity (Wildman–Crippen MR) is 117 cm³/mol. The van der Waals surface area contributed by atoms with E-state index in [1.54, 1.807) is 0 Å². The number of amides is 1. The molecule has 6 nitrogen and oxygen atoms in total. The smallest absolute Gasteiger partial charge is 0.224 e. The molecule has 0 unspecified atom stereocenters. The summed E-state index contributed by atoms with van der Waals surface area (Å²) < 4.78 is 6.38. The summed E-state index contributed by atoms with van der Waals surface area (Å²) in [6, 6.07) is 5.99. The minimum absolute atomic E-state index is 0.0136. The number of aryl methyl sites for hydroxylation is 2. The van der Waals surface area contributed by atoms with Crippen LogP contribution in [0.5, 0.6) is 0 Å². The van der Waals surface area contributed by atoms with Gasteiger partial charge in [0, 0.05) is 35.4 Å². The minimum Gasteiger partial charge on any atom is -0.378 e. The van der Waals surface area contributed by atoms with Crippen LogP contribution in [0.1, 0.15) is 23.4 Å². The van der Waals surface area contributed by atoms with Crippen molar-refractivity contribution in [2.24, 2.45) is 0 Å². The summed E-state index contributed by atoms with van der Waals surface area (Å²) in [5, 5.41) is 3.85. The van der Waals surface area contributed by atoms with E-state index in [2.05, 4.69) is 36.1 Å². The zero-order valence-electron chi connectivity index (χ0n) is 16.4. The molecule has 0 radical (unpaired) electrons. The van der Waals surface area contributed by atoms with Crippen LogP contribution in [0.2, 0.25) is 0 Å². The lowest BCUT2D eigenvalue weighted by Crippen LogP contribution is -2.36. The van der Waals surface area contributed by atoms with Gasteiger partial charge in [0.05, 0.1) is 24.6 Å². The molecule has 8 heteroatoms. The number of hydrogen-bond donors (Lipinski definition) is 1. The van der Waals surface area contributed by atoms with Gasteiger partial charge >= 0.3 is 0 Å². The third-order valence-electron chi connectivity index (χ3n) is 4.77. The van der Waals surface area contributed by atoms with Gasteiger partial charge in [-0.15, -0.1) is 0 Å². The minimum atomic E-state index is -0.0136. The van der Waals surface area contributed by atoms with E-state index < -0.39 is 0 Å². The van der Waals surface area contributed by atoms with Gasteiger partial charge in [-0.25, -0.2) is 9.97 Å². The maximum absolute atomic E-state index is 12.7. The van der Waals surface area contributed by atoms with Crippen molar-refractivity contribution in [3.05, 3.63) is 39.6 Å². The SMILES string of the molecule is CSc1nc(C)c(CCC(=O)Nc2cc(Br)ccc2N2CCOCC2)c(C)n1. The molecule has 1 aromatic heterocycles. The highest BCUT2D eigenvalue weighted by molar-refractivity contribution is 9.10. The van der Waals surface area contributed by atoms with Crippen LogP contribution < -0.4 is 10.2 Å². The quantitative estimate of drug-likeness (QED) is 0.514. The third-order valence-corrected chi connectivity index (χ3v) is 5.81. The Hall–Kier alpha value is -1.64. The van der Waals surface area contributed by atoms with Crippen LogP contribution >= 0.6 is 27.7 Å². The van der Waals surface area contributed by atoms with E-state index in [4.69, 9.17) is 4.74 Å². The molecule has 0 aliphatic carbocycles. The molecule has 2 aromatic rings. The molecule has 1 aliphatic heterocycles. The van der Waals surface area contributed by atoms with Crippen molar-refractivity contribution in [2.75, 3.05) is 42.8 Å². The van der Waals surface area contributed by atoms with Gasteiger partial charge in [0.1, 0.15) is 0 Å². The van der Waals surface area contributed by atoms with Gasteiger partial charge in [-0.1, -0.05) is 27.7 Å². The van der Waals surface area contributed by atoms with Crippen LogP contribution in [-0.2, 0) is 16.0 Å². The summed E-state index contributed by atoms with van der Waals surface area (Å²) in [5.41, 5.74) is 4.79. The van der Waals surface area contributed by atoms with E-state index in [-0.39, 0.29) is 5.91 Å². The van der Waals surface area contributed by atoms with E-state index in [0.717, 1.165) is 51.0 Å². The first-order valence-electron chi connectivity index (χ1n) is 9.28. The molecule has 2 heterocycles. The number of hydrogen-bond acceptors (Lipinski definition) is 6. The lowest BCUT2D eigenvalue weighted by atomic mass is 10.1. The van der Waals surface area contributed by atoms with Gasteiger partial charge in [-0.2, -0.15) is 0 Å². The molecule has 1 fully saturated rings. The first-order valence-corrected chi connectivity index (χ1v) is 11.3. The molecule has 3 rings (SSSR count). The highest BCUT2D eigenvalue weighted by Gasteiger charge is 2.17. The number of carbonyl (C=O) groups is 1. The fraction of sp³-hybridized carbons (Fsp3) is 0.450. The molecule has 0 atom stereocenters. The van der Waals surface area contributed by atoms with Crippen LogP contribution in [0.4, 0.5) is 11.4 Å². The monoisotopic (exact) mass is 464 g/mol. The van der Waals surface area contributed by atoms with Gasteiger partial charge in [-0.3, -0.25) is 4.79 Å². The second-order valence-corrected chi connectivity index (χ2v) is 8.36. The fourth-order valence-corrected chi connectivity index (χ4v) is 4.12. The van der Waals surface area contributed by atoms with Crippen LogP contribution in [-0.4, -0.2) is 48.4 Å². The van der Waals surface area contributed by atoms with Gasteiger partial charge in [0.15, 0.2) is 5.16 Å². The number of nitrogens with zero attached hydrogens (tertiary/aromatic N) is 3. The fourth-order valence-electron chi connectivity index (χ4n) is 3.30. The summed E-state index contributed by atoms with van der Waals surface area (Å²) >= 11 is 5.03. The maximum Gasteiger partial charge on any atom is 0.224 e. The van der Waals surface area contributed by atoms with Gasteiger partial charge < -0.3 is 15.0 Å². The summed E-state index contributed by atoms with van der Waals surface area (Å²) in [6.07, 6.45) is 2.98. The lowest BCUT2D eigenvalue weighted by molar-refractivity contribution is -0.116. The average molecular weight is 465 g/mol. The molecule has 1 amide bonds. The third kappa shape index (κ3) is 5.24. The Balaban J connectivity index is 1.69. The van der Waals surface area contributed by atoms with Crippen molar-refractivity contribution in [3.63, 3.8) is 0 Å². The molecule has 150 valence electrons. The van der Waals surface area contributed by atoms with Crippen LogP contribution in [0, 0.1) is 13.8 Å². The zero-order chi connectivity index (χ0) is 20.1. The Morgan fingerprint density at radius 1 is 1.25 bits per heavy atom. The number of thioether (sulfide) groups is 1. The molecule has 0 spiro atoms. The summed E-state index contributed by atoms with van der Waals surface area (Å²) in [5.74, 6) is -0.0136. The number of morpholine rings is 1. The van der Waals surface area contributed by atoms with Crippen molar-refractivity contribution in [2.45, 2.75) is 31.8 Å². The molecule has 1 aromatic carbocycles. The molecular formula is C20H25BrN4O2S. The first kappa shape index (κ1) is 21.1. The van der Waals surface area contributed by atoms with E-state index >= 15 is 0 Å². The van der Waals surface area contributed by atoms with Crippen molar-refractivity contribution in [3.8, 4) is 0 Å². The van der Waals surface area contributed by atoms with E-state index in [1.165, 1.54) is 11.8 Å². The Morgan fingerprint density at radius 2 is 1.93 bits per heavy atom. The number of benzene rings is 1. The van der Waals surface area contributed by atoms with Crippen LogP contribution in [0.25, 0.3) is 0 Å². The summed E-state index contributed by atoms with van der Waals surface area (Å²) in [7, 11) is 0. The topological polar surface area (TPSA) is 67.4 Å². The Labute approximate surface area is 178 Å². The average Bonchev–Trinajstić information content (AvgIpc) is 2.68. The number of ether oxygens (including phenoxy) is 1. The van der Waals surface area contributed by atoms with Crippen molar-refractivity contribution < 1.29 is 9.53 Å². The highest BCUT2D eigenvalue weighted by atomic mass is 79.9. The highest BCUT2D eigenvalue weighted by Crippen LogP contribution is 2.30. The standard InChI is InChI=1S/C20H25BrN4O2S/c1-13-16(14(2)23-20(22-13)28-3)5-7-19(26)24-17-12-15(21)4-6-18(17)25-8-10-27-11-9-25/h4,6,12H,5,7-11H2,1-3H3,(H,24,26). The van der Waals surface area contributed by atoms with E-state index in [0.29, 0.717) is 26.1 Å². The number of nitrogens with one attached hydrogen (secondary N) is 1. The van der Waals surface area contributed by atoms with E-state index in [1.807, 2.05) is 38.3 Å². The Morgan fingerprint density at radius 3 is 2.57 bits per heavy atom. The van der Waals surface area contributed by atoms with Crippen molar-refractivity contribution in [1.29, 1.82) is 0 Å². The van der Waals surface area contributed by atoms with E-state index in [9.17, 15) is 4.79 Å². The Bertz CT molecular complexity index is 833. The number of anilines is 2. The summed E-state index contributed by atoms with van der Waals surface area (Å²) in [6.45, 7) is 7.01. The molecule has 28 heavy (non-hydrogen) atoms. The van der Waals surface area contributed by atoms with Crippen molar-refractivity contribution in [1.82, 2.24) is 9.97 Å². The number of aromatic nitrogens is 2. The van der Waals surface area contributed by atoms with Gasteiger partial charge in [0.2, 0.25) is 5.91 Å². The molecule has 1 aliphatic rings. The van der Waals surface area contributed by atoms with Crippen LogP contribution in [0.15, 0.2) is 27.8 Å². The predicted octanol–water partition coefficient (Wildman–Crippen LogP) is 3.99. The lowest BCUT2D eigenvalue weighted by Gasteiger charge is -2.30. The van der Waals surface area contributed by atoms with Crippen LogP contribution in [0.3, 0.4) is 0 Å². The van der Waals surface area contributed by atoms with Gasteiger partial charge in [-0.05, 0) is 50.3 Å². The molecular weight excluding hydrogens is 440 g/mol. The Kier molecular flexibility index (Phi) is 7.31. The second-order valence-electron chi connectivity index (χ2n) is 6.67. The first-order chi connectivity index (χ1) is 13.5. The second kappa shape index (κ2) is 9.71. The number of carbonyl (C=O) groups excluding carboxylic acids is 1. The largest absolute Gasteiger partial charge is 0.378 e. The van der Waals surface area contributed by atoms with Crippen molar-refractivity contribution >= 4 is 45.0 Å². The zero-order valence-corrected chi connectivity index (χ0v) is 18.8. The number of halogens is 1. The normalized spacial score (nSPS) is 14.2. The summed E-state index contributed by atoms with van der Waals surface area (Å²) in [4.78, 5) is 23.9. The number of rotatable bonds is 6. The molecule has 0 saturated carbocycles. The van der Waals surface area contributed by atoms with Gasteiger partial charge in [0.25, 0.3) is 0 Å².